The van der Waals surface area contributed by atoms with Crippen LogP contribution in [0, 0.1) is 0 Å². The number of furan rings is 1. The molecule has 0 spiro atoms. The van der Waals surface area contributed by atoms with Gasteiger partial charge in [-0.3, -0.25) is 0 Å². The van der Waals surface area contributed by atoms with E-state index >= 15 is 0 Å². The number of aromatic nitrogens is 3. The van der Waals surface area contributed by atoms with Crippen molar-refractivity contribution in [3.8, 4) is 67.5 Å². The van der Waals surface area contributed by atoms with E-state index in [1.807, 2.05) is 72.0 Å². The van der Waals surface area contributed by atoms with Gasteiger partial charge < -0.3 is 4.42 Å². The van der Waals surface area contributed by atoms with Crippen LogP contribution in [0.3, 0.4) is 0 Å². The van der Waals surface area contributed by atoms with Crippen LogP contribution in [-0.2, 0) is 0 Å². The summed E-state index contributed by atoms with van der Waals surface area (Å²) in [6, 6.07) is 65.6. The molecule has 0 saturated heterocycles. The molecule has 0 fully saturated rings. The maximum Gasteiger partial charge on any atom is 0.164 e. The minimum absolute atomic E-state index is 0.623. The summed E-state index contributed by atoms with van der Waals surface area (Å²) in [5.74, 6) is 1.90. The maximum atomic E-state index is 6.79. The third-order valence-electron chi connectivity index (χ3n) is 10.5. The largest absolute Gasteiger partial charge is 0.455 e. The van der Waals surface area contributed by atoms with Gasteiger partial charge in [-0.05, 0) is 58.1 Å². The van der Waals surface area contributed by atoms with Crippen LogP contribution >= 0.6 is 11.3 Å². The zero-order valence-electron chi connectivity index (χ0n) is 30.1. The van der Waals surface area contributed by atoms with Gasteiger partial charge in [-0.2, -0.15) is 0 Å². The molecule has 11 rings (SSSR count). The first kappa shape index (κ1) is 32.2. The smallest absolute Gasteiger partial charge is 0.164 e. The molecular weight excluding hydrogens is 703 g/mol. The lowest BCUT2D eigenvalue weighted by Crippen LogP contribution is -2.00. The van der Waals surface area contributed by atoms with E-state index in [4.69, 9.17) is 19.4 Å². The SMILES string of the molecule is c1ccc(-c2nc(-c3ccccc3)nc(-c3cccc(-c4cccc5oc6c(-c7ccc8sc9cccc(-c%10ccccc%10)c9c8c7)cccc6c45)c3)n2)cc1. The van der Waals surface area contributed by atoms with E-state index in [0.717, 1.165) is 60.9 Å². The van der Waals surface area contributed by atoms with Crippen LogP contribution in [0.1, 0.15) is 0 Å². The van der Waals surface area contributed by atoms with E-state index in [9.17, 15) is 0 Å². The number of hydrogen-bond acceptors (Lipinski definition) is 5. The molecule has 0 unspecified atom stereocenters. The molecule has 0 N–H and O–H groups in total. The molecule has 262 valence electrons. The van der Waals surface area contributed by atoms with Crippen LogP contribution in [0.2, 0.25) is 0 Å². The van der Waals surface area contributed by atoms with E-state index < -0.39 is 0 Å². The fraction of sp³-hybridized carbons (Fsp3) is 0. The number of para-hydroxylation sites is 1. The van der Waals surface area contributed by atoms with Crippen LogP contribution in [0.25, 0.3) is 110 Å². The first-order valence-electron chi connectivity index (χ1n) is 18.7. The van der Waals surface area contributed by atoms with Crippen LogP contribution in [0.4, 0.5) is 0 Å². The van der Waals surface area contributed by atoms with Crippen molar-refractivity contribution < 1.29 is 4.42 Å². The predicted octanol–water partition coefficient (Wildman–Crippen LogP) is 14.1. The van der Waals surface area contributed by atoms with Crippen molar-refractivity contribution in [2.45, 2.75) is 0 Å². The summed E-state index contributed by atoms with van der Waals surface area (Å²) in [5.41, 5.74) is 11.4. The van der Waals surface area contributed by atoms with Gasteiger partial charge in [0.25, 0.3) is 0 Å². The Morgan fingerprint density at radius 1 is 0.339 bits per heavy atom. The lowest BCUT2D eigenvalue weighted by molar-refractivity contribution is 0.670. The molecule has 56 heavy (non-hydrogen) atoms. The molecule has 5 heteroatoms. The fourth-order valence-electron chi connectivity index (χ4n) is 7.93. The highest BCUT2D eigenvalue weighted by atomic mass is 32.1. The topological polar surface area (TPSA) is 51.8 Å². The molecule has 0 saturated carbocycles. The molecule has 8 aromatic carbocycles. The van der Waals surface area contributed by atoms with Gasteiger partial charge in [0.2, 0.25) is 0 Å². The maximum absolute atomic E-state index is 6.79. The van der Waals surface area contributed by atoms with Crippen molar-refractivity contribution in [2.24, 2.45) is 0 Å². The van der Waals surface area contributed by atoms with Crippen LogP contribution < -0.4 is 0 Å². The zero-order chi connectivity index (χ0) is 37.0. The molecule has 11 aromatic rings. The van der Waals surface area contributed by atoms with Crippen molar-refractivity contribution in [1.82, 2.24) is 15.0 Å². The number of rotatable bonds is 6. The third kappa shape index (κ3) is 5.48. The average Bonchev–Trinajstić information content (AvgIpc) is 3.86. The van der Waals surface area contributed by atoms with Gasteiger partial charge >= 0.3 is 0 Å². The predicted molar refractivity (Wildman–Crippen MR) is 233 cm³/mol. The lowest BCUT2D eigenvalue weighted by Gasteiger charge is -2.10. The molecular formula is C51H31N3OS. The van der Waals surface area contributed by atoms with Crippen LogP contribution in [0.5, 0.6) is 0 Å². The van der Waals surface area contributed by atoms with E-state index in [-0.39, 0.29) is 0 Å². The second-order valence-corrected chi connectivity index (χ2v) is 15.0. The first-order valence-corrected chi connectivity index (χ1v) is 19.5. The van der Waals surface area contributed by atoms with Crippen molar-refractivity contribution in [2.75, 3.05) is 0 Å². The molecule has 0 radical (unpaired) electrons. The van der Waals surface area contributed by atoms with Crippen molar-refractivity contribution >= 4 is 53.4 Å². The van der Waals surface area contributed by atoms with Crippen molar-refractivity contribution in [3.63, 3.8) is 0 Å². The summed E-state index contributed by atoms with van der Waals surface area (Å²) in [6.45, 7) is 0. The van der Waals surface area contributed by atoms with Gasteiger partial charge in [-0.15, -0.1) is 11.3 Å². The number of benzene rings is 8. The normalized spacial score (nSPS) is 11.6. The van der Waals surface area contributed by atoms with Gasteiger partial charge in [-0.1, -0.05) is 158 Å². The van der Waals surface area contributed by atoms with Gasteiger partial charge in [-0.25, -0.2) is 15.0 Å². The van der Waals surface area contributed by atoms with Crippen LogP contribution in [0.15, 0.2) is 192 Å². The second kappa shape index (κ2) is 13.3. The summed E-state index contributed by atoms with van der Waals surface area (Å²) in [4.78, 5) is 14.9. The third-order valence-corrected chi connectivity index (χ3v) is 11.7. The Labute approximate surface area is 327 Å². The Bertz CT molecular complexity index is 3180. The summed E-state index contributed by atoms with van der Waals surface area (Å²) >= 11 is 1.84. The van der Waals surface area contributed by atoms with Gasteiger partial charge in [0.15, 0.2) is 17.5 Å². The standard InChI is InChI=1S/C51H31N3OS/c1-4-14-32(15-5-1)38-23-13-27-45-47(38)42-31-36(28-29-44(42)56-45)40-24-11-25-41-46-39(22-12-26-43(46)55-48(40)41)35-20-10-21-37(30-35)51-53-49(33-16-6-2-7-17-33)52-50(54-51)34-18-8-3-9-19-34/h1-31H. The molecule has 0 bridgehead atoms. The first-order chi connectivity index (χ1) is 27.7. The Kier molecular flexibility index (Phi) is 7.64. The summed E-state index contributed by atoms with van der Waals surface area (Å²) in [7, 11) is 0. The van der Waals surface area contributed by atoms with Crippen LogP contribution in [-0.4, -0.2) is 15.0 Å². The molecule has 3 heterocycles. The minimum atomic E-state index is 0.623. The number of fused-ring (bicyclic) bond motifs is 6. The Morgan fingerprint density at radius 3 is 1.59 bits per heavy atom. The highest BCUT2D eigenvalue weighted by molar-refractivity contribution is 7.26. The van der Waals surface area contributed by atoms with E-state index in [1.165, 1.54) is 31.3 Å². The summed E-state index contributed by atoms with van der Waals surface area (Å²) in [5, 5.41) is 4.72. The summed E-state index contributed by atoms with van der Waals surface area (Å²) in [6.07, 6.45) is 0. The average molecular weight is 734 g/mol. The monoisotopic (exact) mass is 733 g/mol. The second-order valence-electron chi connectivity index (χ2n) is 13.9. The van der Waals surface area contributed by atoms with Crippen molar-refractivity contribution in [3.05, 3.63) is 188 Å². The zero-order valence-corrected chi connectivity index (χ0v) is 30.9. The molecule has 0 atom stereocenters. The molecule has 0 amide bonds. The van der Waals surface area contributed by atoms with Crippen molar-refractivity contribution in [1.29, 1.82) is 0 Å². The Hall–Kier alpha value is -7.21. The molecule has 4 nitrogen and oxygen atoms in total. The highest BCUT2D eigenvalue weighted by Gasteiger charge is 2.19. The quantitative estimate of drug-likeness (QED) is 0.171. The van der Waals surface area contributed by atoms with E-state index in [1.54, 1.807) is 0 Å². The highest BCUT2D eigenvalue weighted by Crippen LogP contribution is 2.44. The van der Waals surface area contributed by atoms with E-state index in [2.05, 4.69) is 127 Å². The Balaban J connectivity index is 1.05. The number of thiophene rings is 1. The van der Waals surface area contributed by atoms with Gasteiger partial charge in [0, 0.05) is 53.2 Å². The van der Waals surface area contributed by atoms with Gasteiger partial charge in [0.1, 0.15) is 11.2 Å². The molecule has 0 aliphatic heterocycles. The summed E-state index contributed by atoms with van der Waals surface area (Å²) < 4.78 is 9.35. The molecule has 0 aliphatic rings. The minimum Gasteiger partial charge on any atom is -0.455 e. The Morgan fingerprint density at radius 2 is 0.875 bits per heavy atom. The van der Waals surface area contributed by atoms with E-state index in [0.29, 0.717) is 17.5 Å². The molecule has 0 aliphatic carbocycles. The van der Waals surface area contributed by atoms with Gasteiger partial charge in [0.05, 0.1) is 0 Å². The number of hydrogen-bond donors (Lipinski definition) is 0. The lowest BCUT2D eigenvalue weighted by atomic mass is 9.95. The molecule has 3 aromatic heterocycles. The number of nitrogens with zero attached hydrogens (tertiary/aromatic N) is 3. The fourth-order valence-corrected chi connectivity index (χ4v) is 9.04.